The highest BCUT2D eigenvalue weighted by Crippen LogP contribution is 2.30. The lowest BCUT2D eigenvalue weighted by Gasteiger charge is -2.35. The van der Waals surface area contributed by atoms with Crippen molar-refractivity contribution in [2.24, 2.45) is 0 Å². The molecule has 1 unspecified atom stereocenters. The lowest BCUT2D eigenvalue weighted by molar-refractivity contribution is 0.0384. The molecule has 1 saturated heterocycles. The predicted molar refractivity (Wildman–Crippen MR) is 73.3 cm³/mol. The van der Waals surface area contributed by atoms with Crippen LogP contribution >= 0.6 is 23.2 Å². The van der Waals surface area contributed by atoms with E-state index < -0.39 is 0 Å². The Labute approximate surface area is 112 Å². The summed E-state index contributed by atoms with van der Waals surface area (Å²) in [4.78, 5) is 2.32. The quantitative estimate of drug-likeness (QED) is 0.779. The second-order valence-corrected chi connectivity index (χ2v) is 4.89. The van der Waals surface area contributed by atoms with Gasteiger partial charge in [0.2, 0.25) is 0 Å². The normalized spacial score (nSPS) is 20.6. The van der Waals surface area contributed by atoms with Gasteiger partial charge in [-0.25, -0.2) is 0 Å². The van der Waals surface area contributed by atoms with Crippen molar-refractivity contribution in [3.05, 3.63) is 28.8 Å². The van der Waals surface area contributed by atoms with Crippen molar-refractivity contribution >= 4 is 28.9 Å². The number of anilines is 1. The molecular weight excluding hydrogens is 257 g/mol. The van der Waals surface area contributed by atoms with E-state index in [4.69, 9.17) is 27.9 Å². The van der Waals surface area contributed by atoms with Crippen LogP contribution in [0.25, 0.3) is 0 Å². The second-order valence-electron chi connectivity index (χ2n) is 4.22. The van der Waals surface area contributed by atoms with Crippen LogP contribution in [0.4, 0.5) is 5.69 Å². The highest BCUT2D eigenvalue weighted by molar-refractivity contribution is 6.32. The molecule has 17 heavy (non-hydrogen) atoms. The minimum atomic E-state index is 0.311. The van der Waals surface area contributed by atoms with E-state index in [2.05, 4.69) is 17.9 Å². The zero-order valence-corrected chi connectivity index (χ0v) is 11.5. The largest absolute Gasteiger partial charge is 0.375 e. The molecule has 0 aliphatic carbocycles. The van der Waals surface area contributed by atoms with E-state index in [1.54, 1.807) is 0 Å². The molecule has 94 valence electrons. The SMILES string of the molecule is CCC1CN(c2cccc(Cl)c2CCl)CCO1. The molecule has 4 heteroatoms. The van der Waals surface area contributed by atoms with Crippen LogP contribution in [0.5, 0.6) is 0 Å². The molecule has 1 aliphatic heterocycles. The van der Waals surface area contributed by atoms with Crippen molar-refractivity contribution in [3.63, 3.8) is 0 Å². The highest BCUT2D eigenvalue weighted by atomic mass is 35.5. The molecule has 0 radical (unpaired) electrons. The fourth-order valence-corrected chi connectivity index (χ4v) is 2.75. The first kappa shape index (κ1) is 13.0. The van der Waals surface area contributed by atoms with Gasteiger partial charge in [-0.2, -0.15) is 0 Å². The molecule has 2 nitrogen and oxygen atoms in total. The number of morpholine rings is 1. The third kappa shape index (κ3) is 2.87. The summed E-state index contributed by atoms with van der Waals surface area (Å²) < 4.78 is 5.67. The van der Waals surface area contributed by atoms with Gasteiger partial charge in [-0.3, -0.25) is 0 Å². The van der Waals surface area contributed by atoms with E-state index in [9.17, 15) is 0 Å². The summed E-state index contributed by atoms with van der Waals surface area (Å²) in [6.45, 7) is 4.74. The Kier molecular flexibility index (Phi) is 4.55. The number of halogens is 2. The molecule has 2 rings (SSSR count). The average Bonchev–Trinajstić information content (AvgIpc) is 2.38. The standard InChI is InChI=1S/C13H17Cl2NO/c1-2-10-9-16(6-7-17-10)13-5-3-4-12(15)11(13)8-14/h3-5,10H,2,6-9H2,1H3. The molecule has 0 aromatic heterocycles. The summed E-state index contributed by atoms with van der Waals surface area (Å²) in [7, 11) is 0. The Morgan fingerprint density at radius 1 is 1.47 bits per heavy atom. The van der Waals surface area contributed by atoms with E-state index in [-0.39, 0.29) is 0 Å². The number of hydrogen-bond acceptors (Lipinski definition) is 2. The molecular formula is C13H17Cl2NO. The molecule has 1 aromatic carbocycles. The van der Waals surface area contributed by atoms with E-state index in [1.165, 1.54) is 0 Å². The van der Waals surface area contributed by atoms with Crippen molar-refractivity contribution in [3.8, 4) is 0 Å². The number of rotatable bonds is 3. The van der Waals surface area contributed by atoms with Gasteiger partial charge in [-0.05, 0) is 18.6 Å². The summed E-state index contributed by atoms with van der Waals surface area (Å²) in [5.41, 5.74) is 2.17. The van der Waals surface area contributed by atoms with Gasteiger partial charge in [-0.15, -0.1) is 11.6 Å². The highest BCUT2D eigenvalue weighted by Gasteiger charge is 2.21. The van der Waals surface area contributed by atoms with Gasteiger partial charge in [0.05, 0.1) is 18.6 Å². The summed E-state index contributed by atoms with van der Waals surface area (Å²) in [5.74, 6) is 0.448. The minimum Gasteiger partial charge on any atom is -0.375 e. The summed E-state index contributed by atoms with van der Waals surface area (Å²) in [6.07, 6.45) is 1.35. The molecule has 1 atom stereocenters. The number of hydrogen-bond donors (Lipinski definition) is 0. The number of benzene rings is 1. The van der Waals surface area contributed by atoms with Crippen LogP contribution in [0, 0.1) is 0 Å². The van der Waals surface area contributed by atoms with Gasteiger partial charge in [0.1, 0.15) is 0 Å². The van der Waals surface area contributed by atoms with Crippen LogP contribution in [-0.4, -0.2) is 25.8 Å². The van der Waals surface area contributed by atoms with Crippen molar-refractivity contribution in [2.75, 3.05) is 24.6 Å². The Morgan fingerprint density at radius 2 is 2.29 bits per heavy atom. The fraction of sp³-hybridized carbons (Fsp3) is 0.538. The van der Waals surface area contributed by atoms with Gasteiger partial charge in [0.15, 0.2) is 0 Å². The van der Waals surface area contributed by atoms with Crippen molar-refractivity contribution < 1.29 is 4.74 Å². The van der Waals surface area contributed by atoms with E-state index in [0.29, 0.717) is 12.0 Å². The molecule has 1 fully saturated rings. The Balaban J connectivity index is 2.24. The molecule has 1 aliphatic rings. The Bertz CT molecular complexity index is 384. The zero-order valence-electron chi connectivity index (χ0n) is 9.96. The van der Waals surface area contributed by atoms with Crippen LogP contribution in [0.3, 0.4) is 0 Å². The van der Waals surface area contributed by atoms with E-state index in [0.717, 1.165) is 42.4 Å². The predicted octanol–water partition coefficient (Wildman–Crippen LogP) is 3.69. The maximum absolute atomic E-state index is 6.18. The zero-order chi connectivity index (χ0) is 12.3. The third-order valence-electron chi connectivity index (χ3n) is 3.16. The Morgan fingerprint density at radius 3 is 3.00 bits per heavy atom. The van der Waals surface area contributed by atoms with Crippen LogP contribution in [-0.2, 0) is 10.6 Å². The fourth-order valence-electron chi connectivity index (χ4n) is 2.16. The number of alkyl halides is 1. The maximum atomic E-state index is 6.18. The van der Waals surface area contributed by atoms with E-state index in [1.807, 2.05) is 12.1 Å². The lowest BCUT2D eigenvalue weighted by Crippen LogP contribution is -2.42. The molecule has 1 heterocycles. The topological polar surface area (TPSA) is 12.5 Å². The molecule has 0 bridgehead atoms. The van der Waals surface area contributed by atoms with Crippen LogP contribution in [0.15, 0.2) is 18.2 Å². The van der Waals surface area contributed by atoms with Crippen molar-refractivity contribution in [1.82, 2.24) is 0 Å². The van der Waals surface area contributed by atoms with Crippen LogP contribution in [0.2, 0.25) is 5.02 Å². The van der Waals surface area contributed by atoms with Crippen LogP contribution < -0.4 is 4.90 Å². The summed E-state index contributed by atoms with van der Waals surface area (Å²) in [5, 5.41) is 0.747. The monoisotopic (exact) mass is 273 g/mol. The van der Waals surface area contributed by atoms with Gasteiger partial charge in [0, 0.05) is 29.4 Å². The first-order valence-corrected chi connectivity index (χ1v) is 6.87. The van der Waals surface area contributed by atoms with Gasteiger partial charge in [0.25, 0.3) is 0 Å². The molecule has 0 saturated carbocycles. The second kappa shape index (κ2) is 5.94. The molecule has 1 aromatic rings. The third-order valence-corrected chi connectivity index (χ3v) is 3.78. The maximum Gasteiger partial charge on any atom is 0.0748 e. The molecule has 0 amide bonds. The smallest absolute Gasteiger partial charge is 0.0748 e. The molecule has 0 spiro atoms. The van der Waals surface area contributed by atoms with Gasteiger partial charge >= 0.3 is 0 Å². The minimum absolute atomic E-state index is 0.311. The van der Waals surface area contributed by atoms with E-state index >= 15 is 0 Å². The number of ether oxygens (including phenoxy) is 1. The van der Waals surface area contributed by atoms with Gasteiger partial charge in [-0.1, -0.05) is 24.6 Å². The van der Waals surface area contributed by atoms with Gasteiger partial charge < -0.3 is 9.64 Å². The average molecular weight is 274 g/mol. The lowest BCUT2D eigenvalue weighted by atomic mass is 10.1. The van der Waals surface area contributed by atoms with Crippen molar-refractivity contribution in [2.45, 2.75) is 25.3 Å². The first-order chi connectivity index (χ1) is 8.26. The summed E-state index contributed by atoms with van der Waals surface area (Å²) >= 11 is 12.2. The first-order valence-electron chi connectivity index (χ1n) is 5.96. The van der Waals surface area contributed by atoms with Crippen molar-refractivity contribution in [1.29, 1.82) is 0 Å². The van der Waals surface area contributed by atoms with Crippen LogP contribution in [0.1, 0.15) is 18.9 Å². The summed E-state index contributed by atoms with van der Waals surface area (Å²) in [6, 6.07) is 5.95. The Hall–Kier alpha value is -0.440. The molecule has 0 N–H and O–H groups in total. The number of nitrogens with zero attached hydrogens (tertiary/aromatic N) is 1.